The van der Waals surface area contributed by atoms with Gasteiger partial charge in [0.1, 0.15) is 0 Å². The number of nitrogens with zero attached hydrogens (tertiary/aromatic N) is 1. The molecule has 0 saturated carbocycles. The van der Waals surface area contributed by atoms with E-state index in [1.54, 1.807) is 36.4 Å². The number of hydrogen-bond donors (Lipinski definition) is 1. The van der Waals surface area contributed by atoms with Crippen LogP contribution in [-0.4, -0.2) is 37.0 Å². The third-order valence-corrected chi connectivity index (χ3v) is 6.27. The van der Waals surface area contributed by atoms with Crippen LogP contribution in [0.1, 0.15) is 30.1 Å². The summed E-state index contributed by atoms with van der Waals surface area (Å²) < 4.78 is 27.3. The fourth-order valence-corrected chi connectivity index (χ4v) is 4.79. The largest absolute Gasteiger partial charge is 0.326 e. The molecule has 136 valence electrons. The standard InChI is InChI=1S/C19H20N2O4S/c1-14(22)20-16-9-11-17(12-10-16)26(24,25)21-13-5-8-18(21)19(23)15-6-3-2-4-7-15/h2-4,6-7,9-12,18H,5,8,13H2,1H3,(H,20,22). The highest BCUT2D eigenvalue weighted by Crippen LogP contribution is 2.28. The lowest BCUT2D eigenvalue weighted by atomic mass is 10.0. The van der Waals surface area contributed by atoms with E-state index in [-0.39, 0.29) is 16.6 Å². The number of amides is 1. The molecule has 0 aliphatic carbocycles. The first-order valence-corrected chi connectivity index (χ1v) is 9.82. The third kappa shape index (κ3) is 3.68. The average molecular weight is 372 g/mol. The molecule has 1 aliphatic rings. The third-order valence-electron chi connectivity index (χ3n) is 4.35. The fourth-order valence-electron chi connectivity index (χ4n) is 3.13. The van der Waals surface area contributed by atoms with Gasteiger partial charge in [-0.1, -0.05) is 30.3 Å². The Morgan fingerprint density at radius 1 is 1.04 bits per heavy atom. The summed E-state index contributed by atoms with van der Waals surface area (Å²) in [6.07, 6.45) is 1.16. The molecule has 1 aliphatic heterocycles. The van der Waals surface area contributed by atoms with Gasteiger partial charge in [0.15, 0.2) is 5.78 Å². The minimum atomic E-state index is -3.79. The molecule has 1 fully saturated rings. The zero-order chi connectivity index (χ0) is 18.7. The summed E-state index contributed by atoms with van der Waals surface area (Å²) >= 11 is 0. The molecule has 26 heavy (non-hydrogen) atoms. The number of ketones is 1. The molecular formula is C19H20N2O4S. The van der Waals surface area contributed by atoms with E-state index in [1.165, 1.54) is 23.4 Å². The lowest BCUT2D eigenvalue weighted by Crippen LogP contribution is -2.40. The summed E-state index contributed by atoms with van der Waals surface area (Å²) in [5.74, 6) is -0.407. The summed E-state index contributed by atoms with van der Waals surface area (Å²) in [6, 6.07) is 14.0. The Kier molecular flexibility index (Phi) is 5.20. The van der Waals surface area contributed by atoms with Gasteiger partial charge in [-0.25, -0.2) is 8.42 Å². The van der Waals surface area contributed by atoms with Gasteiger partial charge >= 0.3 is 0 Å². The first-order valence-electron chi connectivity index (χ1n) is 8.38. The lowest BCUT2D eigenvalue weighted by Gasteiger charge is -2.23. The second-order valence-electron chi connectivity index (χ2n) is 6.21. The Hall–Kier alpha value is -2.51. The van der Waals surface area contributed by atoms with E-state index < -0.39 is 16.1 Å². The summed E-state index contributed by atoms with van der Waals surface area (Å²) in [5, 5.41) is 2.60. The number of sulfonamides is 1. The molecule has 0 spiro atoms. The second-order valence-corrected chi connectivity index (χ2v) is 8.10. The van der Waals surface area contributed by atoms with Gasteiger partial charge in [-0.3, -0.25) is 9.59 Å². The van der Waals surface area contributed by atoms with Crippen LogP contribution in [0.2, 0.25) is 0 Å². The fraction of sp³-hybridized carbons (Fsp3) is 0.263. The molecule has 6 nitrogen and oxygen atoms in total. The average Bonchev–Trinajstić information content (AvgIpc) is 3.12. The van der Waals surface area contributed by atoms with Crippen LogP contribution in [0, 0.1) is 0 Å². The summed E-state index contributed by atoms with van der Waals surface area (Å²) in [7, 11) is -3.79. The molecule has 1 N–H and O–H groups in total. The molecule has 1 atom stereocenters. The Labute approximate surface area is 152 Å². The monoisotopic (exact) mass is 372 g/mol. The zero-order valence-corrected chi connectivity index (χ0v) is 15.2. The predicted molar refractivity (Wildman–Crippen MR) is 98.4 cm³/mol. The van der Waals surface area contributed by atoms with Crippen LogP contribution in [0.5, 0.6) is 0 Å². The molecule has 0 aromatic heterocycles. The molecule has 1 saturated heterocycles. The highest BCUT2D eigenvalue weighted by molar-refractivity contribution is 7.89. The van der Waals surface area contributed by atoms with Gasteiger partial charge in [0.25, 0.3) is 0 Å². The number of nitrogens with one attached hydrogen (secondary N) is 1. The van der Waals surface area contributed by atoms with Crippen molar-refractivity contribution in [1.82, 2.24) is 4.31 Å². The summed E-state index contributed by atoms with van der Waals surface area (Å²) in [4.78, 5) is 23.9. The first kappa shape index (κ1) is 18.3. The minimum Gasteiger partial charge on any atom is -0.326 e. The zero-order valence-electron chi connectivity index (χ0n) is 14.4. The SMILES string of the molecule is CC(=O)Nc1ccc(S(=O)(=O)N2CCCC2C(=O)c2ccccc2)cc1. The van der Waals surface area contributed by atoms with Crippen molar-refractivity contribution in [1.29, 1.82) is 0 Å². The maximum absolute atomic E-state index is 13.0. The van der Waals surface area contributed by atoms with E-state index in [2.05, 4.69) is 5.32 Å². The first-order chi connectivity index (χ1) is 12.4. The van der Waals surface area contributed by atoms with E-state index in [9.17, 15) is 18.0 Å². The van der Waals surface area contributed by atoms with Crippen LogP contribution in [-0.2, 0) is 14.8 Å². The van der Waals surface area contributed by atoms with Gasteiger partial charge in [0.05, 0.1) is 10.9 Å². The van der Waals surface area contributed by atoms with Crippen LogP contribution in [0.15, 0.2) is 59.5 Å². The van der Waals surface area contributed by atoms with Gasteiger partial charge in [-0.2, -0.15) is 4.31 Å². The van der Waals surface area contributed by atoms with Gasteiger partial charge in [0, 0.05) is 24.7 Å². The minimum absolute atomic E-state index is 0.111. The molecule has 2 aromatic carbocycles. The van der Waals surface area contributed by atoms with E-state index >= 15 is 0 Å². The highest BCUT2D eigenvalue weighted by Gasteiger charge is 2.39. The van der Waals surface area contributed by atoms with Crippen molar-refractivity contribution in [3.63, 3.8) is 0 Å². The molecule has 2 aromatic rings. The van der Waals surface area contributed by atoms with Gasteiger partial charge in [-0.05, 0) is 37.1 Å². The van der Waals surface area contributed by atoms with Crippen LogP contribution < -0.4 is 5.32 Å². The van der Waals surface area contributed by atoms with Crippen LogP contribution in [0.3, 0.4) is 0 Å². The Morgan fingerprint density at radius 3 is 2.31 bits per heavy atom. The van der Waals surface area contributed by atoms with Crippen molar-refractivity contribution in [2.75, 3.05) is 11.9 Å². The van der Waals surface area contributed by atoms with Crippen molar-refractivity contribution in [2.24, 2.45) is 0 Å². The van der Waals surface area contributed by atoms with Crippen LogP contribution in [0.25, 0.3) is 0 Å². The Morgan fingerprint density at radius 2 is 1.69 bits per heavy atom. The van der Waals surface area contributed by atoms with Crippen molar-refractivity contribution in [3.05, 3.63) is 60.2 Å². The molecule has 3 rings (SSSR count). The summed E-state index contributed by atoms with van der Waals surface area (Å²) in [5.41, 5.74) is 1.04. The highest BCUT2D eigenvalue weighted by atomic mass is 32.2. The second kappa shape index (κ2) is 7.39. The number of hydrogen-bond acceptors (Lipinski definition) is 4. The van der Waals surface area contributed by atoms with Crippen molar-refractivity contribution >= 4 is 27.4 Å². The summed E-state index contributed by atoms with van der Waals surface area (Å²) in [6.45, 7) is 1.70. The molecule has 0 radical (unpaired) electrons. The topological polar surface area (TPSA) is 83.6 Å². The normalized spacial score (nSPS) is 17.8. The Bertz CT molecular complexity index is 908. The maximum Gasteiger partial charge on any atom is 0.243 e. The van der Waals surface area contributed by atoms with Crippen LogP contribution in [0.4, 0.5) is 5.69 Å². The molecule has 1 heterocycles. The molecule has 1 amide bonds. The number of rotatable bonds is 5. The molecule has 1 unspecified atom stereocenters. The number of carbonyl (C=O) groups excluding carboxylic acids is 2. The van der Waals surface area contributed by atoms with Crippen molar-refractivity contribution in [2.45, 2.75) is 30.7 Å². The number of anilines is 1. The smallest absolute Gasteiger partial charge is 0.243 e. The number of Topliss-reactive ketones (excluding diaryl/α,β-unsaturated/α-hetero) is 1. The van der Waals surface area contributed by atoms with Crippen molar-refractivity contribution < 1.29 is 18.0 Å². The Balaban J connectivity index is 1.86. The maximum atomic E-state index is 13.0. The quantitative estimate of drug-likeness (QED) is 0.818. The van der Waals surface area contributed by atoms with E-state index in [0.717, 1.165) is 0 Å². The number of carbonyl (C=O) groups is 2. The van der Waals surface area contributed by atoms with E-state index in [0.29, 0.717) is 30.6 Å². The van der Waals surface area contributed by atoms with E-state index in [4.69, 9.17) is 0 Å². The van der Waals surface area contributed by atoms with Gasteiger partial charge in [0.2, 0.25) is 15.9 Å². The van der Waals surface area contributed by atoms with E-state index in [1.807, 2.05) is 6.07 Å². The van der Waals surface area contributed by atoms with Crippen LogP contribution >= 0.6 is 0 Å². The molecular weight excluding hydrogens is 352 g/mol. The molecule has 7 heteroatoms. The van der Waals surface area contributed by atoms with Gasteiger partial charge < -0.3 is 5.32 Å². The predicted octanol–water partition coefficient (Wildman–Crippen LogP) is 2.68. The lowest BCUT2D eigenvalue weighted by molar-refractivity contribution is -0.114. The van der Waals surface area contributed by atoms with Gasteiger partial charge in [-0.15, -0.1) is 0 Å². The molecule has 0 bridgehead atoms. The van der Waals surface area contributed by atoms with Crippen molar-refractivity contribution in [3.8, 4) is 0 Å². The number of benzene rings is 2.